The van der Waals surface area contributed by atoms with Crippen LogP contribution in [0.1, 0.15) is 22.8 Å². The Balaban J connectivity index is 1.71. The number of halogens is 1. The third kappa shape index (κ3) is 5.78. The zero-order valence-electron chi connectivity index (χ0n) is 20.6. The minimum absolute atomic E-state index is 0.0462. The number of carbonyl (C=O) groups is 2. The van der Waals surface area contributed by atoms with Crippen LogP contribution in [0.3, 0.4) is 0 Å². The van der Waals surface area contributed by atoms with Gasteiger partial charge < -0.3 is 19.9 Å². The summed E-state index contributed by atoms with van der Waals surface area (Å²) in [4.78, 5) is 28.0. The molecule has 0 aliphatic rings. The van der Waals surface area contributed by atoms with Gasteiger partial charge in [0, 0.05) is 41.7 Å². The first-order valence-electron chi connectivity index (χ1n) is 11.6. The maximum Gasteiger partial charge on any atom is 0.311 e. The summed E-state index contributed by atoms with van der Waals surface area (Å²) in [7, 11) is 3.87. The first-order valence-corrected chi connectivity index (χ1v) is 12.4. The largest absolute Gasteiger partial charge is 0.493 e. The van der Waals surface area contributed by atoms with Crippen molar-refractivity contribution < 1.29 is 14.7 Å². The molecule has 0 bridgehead atoms. The van der Waals surface area contributed by atoms with Crippen LogP contribution in [0.2, 0.25) is 0 Å². The molecule has 0 aliphatic heterocycles. The van der Waals surface area contributed by atoms with Gasteiger partial charge in [0.15, 0.2) is 5.69 Å². The second kappa shape index (κ2) is 11.2. The molecule has 0 atom stereocenters. The van der Waals surface area contributed by atoms with Gasteiger partial charge in [0.2, 0.25) is 5.88 Å². The van der Waals surface area contributed by atoms with Crippen molar-refractivity contribution in [3.63, 3.8) is 0 Å². The van der Waals surface area contributed by atoms with E-state index in [0.717, 1.165) is 15.7 Å². The molecule has 188 valence electrons. The van der Waals surface area contributed by atoms with Gasteiger partial charge in [-0.25, -0.2) is 0 Å². The number of benzene rings is 3. The summed E-state index contributed by atoms with van der Waals surface area (Å²) in [5.74, 6) is -1.30. The number of aryl methyl sites for hydroxylation is 1. The monoisotopic (exact) mass is 559 g/mol. The van der Waals surface area contributed by atoms with Crippen LogP contribution in [-0.2, 0) is 11.3 Å². The number of aromatic hydroxyl groups is 1. The quantitative estimate of drug-likeness (QED) is 0.205. The molecular formula is C28H26BrN5O3. The van der Waals surface area contributed by atoms with Crippen molar-refractivity contribution in [3.05, 3.63) is 94.1 Å². The Morgan fingerprint density at radius 2 is 1.76 bits per heavy atom. The van der Waals surface area contributed by atoms with Gasteiger partial charge in [-0.1, -0.05) is 46.3 Å². The van der Waals surface area contributed by atoms with Crippen LogP contribution in [0, 0.1) is 0 Å². The Hall–Kier alpha value is -4.24. The van der Waals surface area contributed by atoms with Crippen molar-refractivity contribution in [2.45, 2.75) is 13.5 Å². The van der Waals surface area contributed by atoms with E-state index in [-0.39, 0.29) is 17.3 Å². The number of anilines is 1. The SMILES string of the molecule is CCn1c(O)c(N=NC(=O)/C(=C/c2ccc(N(C)C)cc2)NC(=O)c2ccccc2)c2cc(Br)ccc21. The number of hydrogen-bond donors (Lipinski definition) is 2. The first kappa shape index (κ1) is 25.8. The van der Waals surface area contributed by atoms with E-state index in [1.165, 1.54) is 0 Å². The highest BCUT2D eigenvalue weighted by Gasteiger charge is 2.18. The number of rotatable bonds is 7. The van der Waals surface area contributed by atoms with Crippen LogP contribution in [0.15, 0.2) is 93.2 Å². The Bertz CT molecular complexity index is 1510. The molecule has 2 amide bonds. The molecule has 1 aromatic heterocycles. The number of hydrogen-bond acceptors (Lipinski definition) is 5. The lowest BCUT2D eigenvalue weighted by atomic mass is 10.1. The molecule has 3 aromatic carbocycles. The van der Waals surface area contributed by atoms with Gasteiger partial charge in [-0.2, -0.15) is 0 Å². The maximum absolute atomic E-state index is 13.2. The van der Waals surface area contributed by atoms with Crippen LogP contribution >= 0.6 is 15.9 Å². The van der Waals surface area contributed by atoms with E-state index >= 15 is 0 Å². The van der Waals surface area contributed by atoms with Gasteiger partial charge in [0.05, 0.1) is 5.52 Å². The highest BCUT2D eigenvalue weighted by atomic mass is 79.9. The molecule has 4 rings (SSSR count). The summed E-state index contributed by atoms with van der Waals surface area (Å²) in [5, 5.41) is 22.0. The summed E-state index contributed by atoms with van der Waals surface area (Å²) < 4.78 is 2.48. The summed E-state index contributed by atoms with van der Waals surface area (Å²) >= 11 is 3.44. The lowest BCUT2D eigenvalue weighted by Gasteiger charge is -2.12. The summed E-state index contributed by atoms with van der Waals surface area (Å²) in [6, 6.07) is 21.6. The second-order valence-electron chi connectivity index (χ2n) is 8.45. The first-order chi connectivity index (χ1) is 17.8. The number of aromatic nitrogens is 1. The fourth-order valence-electron chi connectivity index (χ4n) is 3.83. The molecule has 0 spiro atoms. The average molecular weight is 560 g/mol. The van der Waals surface area contributed by atoms with Crippen molar-refractivity contribution in [1.82, 2.24) is 9.88 Å². The van der Waals surface area contributed by atoms with Crippen molar-refractivity contribution in [2.24, 2.45) is 10.2 Å². The molecule has 8 nitrogen and oxygen atoms in total. The minimum Gasteiger partial charge on any atom is -0.493 e. The van der Waals surface area contributed by atoms with Crippen LogP contribution < -0.4 is 10.2 Å². The van der Waals surface area contributed by atoms with Crippen LogP contribution in [0.4, 0.5) is 11.4 Å². The van der Waals surface area contributed by atoms with Crippen LogP contribution in [-0.4, -0.2) is 35.6 Å². The van der Waals surface area contributed by atoms with Crippen LogP contribution in [0.5, 0.6) is 5.88 Å². The highest BCUT2D eigenvalue weighted by molar-refractivity contribution is 9.10. The Morgan fingerprint density at radius 1 is 1.05 bits per heavy atom. The van der Waals surface area contributed by atoms with Gasteiger partial charge in [-0.05, 0) is 61.0 Å². The smallest absolute Gasteiger partial charge is 0.311 e. The zero-order valence-corrected chi connectivity index (χ0v) is 22.2. The number of azo groups is 1. The van der Waals surface area contributed by atoms with E-state index in [1.807, 2.05) is 62.3 Å². The molecule has 9 heteroatoms. The number of nitrogens with zero attached hydrogens (tertiary/aromatic N) is 4. The van der Waals surface area contributed by atoms with Gasteiger partial charge in [-0.3, -0.25) is 9.59 Å². The van der Waals surface area contributed by atoms with Crippen molar-refractivity contribution in [2.75, 3.05) is 19.0 Å². The zero-order chi connectivity index (χ0) is 26.5. The Labute approximate surface area is 223 Å². The molecule has 37 heavy (non-hydrogen) atoms. The third-order valence-corrected chi connectivity index (χ3v) is 6.26. The molecule has 0 radical (unpaired) electrons. The van der Waals surface area contributed by atoms with E-state index in [1.54, 1.807) is 47.0 Å². The van der Waals surface area contributed by atoms with Crippen molar-refractivity contribution in [1.29, 1.82) is 0 Å². The van der Waals surface area contributed by atoms with E-state index in [9.17, 15) is 14.7 Å². The lowest BCUT2D eigenvalue weighted by Crippen LogP contribution is -2.26. The number of fused-ring (bicyclic) bond motifs is 1. The van der Waals surface area contributed by atoms with E-state index < -0.39 is 11.8 Å². The molecule has 4 aromatic rings. The Kier molecular flexibility index (Phi) is 7.83. The molecule has 0 unspecified atom stereocenters. The van der Waals surface area contributed by atoms with Gasteiger partial charge in [-0.15, -0.1) is 10.2 Å². The van der Waals surface area contributed by atoms with E-state index in [2.05, 4.69) is 31.5 Å². The van der Waals surface area contributed by atoms with Crippen molar-refractivity contribution in [3.8, 4) is 5.88 Å². The third-order valence-electron chi connectivity index (χ3n) is 5.76. The van der Waals surface area contributed by atoms with E-state index in [0.29, 0.717) is 23.1 Å². The maximum atomic E-state index is 13.2. The predicted octanol–water partition coefficient (Wildman–Crippen LogP) is 6.28. The summed E-state index contributed by atoms with van der Waals surface area (Å²) in [6.07, 6.45) is 1.55. The lowest BCUT2D eigenvalue weighted by molar-refractivity contribution is -0.115. The highest BCUT2D eigenvalue weighted by Crippen LogP contribution is 2.40. The fourth-order valence-corrected chi connectivity index (χ4v) is 4.20. The number of amides is 2. The second-order valence-corrected chi connectivity index (χ2v) is 9.36. The standard InChI is InChI=1S/C28H26BrN5O3/c1-4-34-24-15-12-20(29)17-22(24)25(28(34)37)31-32-27(36)23(30-26(35)19-8-6-5-7-9-19)16-18-10-13-21(14-11-18)33(2)3/h5-17,37H,4H2,1-3H3,(H,30,35)/b23-16-,32-31?. The summed E-state index contributed by atoms with van der Waals surface area (Å²) in [5.41, 5.74) is 2.98. The fraction of sp³-hybridized carbons (Fsp3) is 0.143. The molecule has 0 fully saturated rings. The molecule has 0 saturated heterocycles. The van der Waals surface area contributed by atoms with Crippen LogP contribution in [0.25, 0.3) is 17.0 Å². The molecule has 1 heterocycles. The average Bonchev–Trinajstić information content (AvgIpc) is 3.16. The predicted molar refractivity (Wildman–Crippen MR) is 149 cm³/mol. The molecular weight excluding hydrogens is 534 g/mol. The Morgan fingerprint density at radius 3 is 2.41 bits per heavy atom. The van der Waals surface area contributed by atoms with Gasteiger partial charge in [0.1, 0.15) is 5.70 Å². The van der Waals surface area contributed by atoms with Crippen molar-refractivity contribution >= 4 is 56.1 Å². The number of nitrogens with one attached hydrogen (secondary N) is 1. The van der Waals surface area contributed by atoms with Gasteiger partial charge >= 0.3 is 5.91 Å². The normalized spacial score (nSPS) is 11.7. The molecule has 0 aliphatic carbocycles. The number of carbonyl (C=O) groups excluding carboxylic acids is 2. The van der Waals surface area contributed by atoms with Gasteiger partial charge in [0.25, 0.3) is 5.91 Å². The minimum atomic E-state index is -0.757. The topological polar surface area (TPSA) is 99.3 Å². The molecule has 0 saturated carbocycles. The summed E-state index contributed by atoms with van der Waals surface area (Å²) in [6.45, 7) is 2.41. The molecule has 2 N–H and O–H groups in total. The van der Waals surface area contributed by atoms with E-state index in [4.69, 9.17) is 0 Å².